The quantitative estimate of drug-likeness (QED) is 0.751. The molecule has 0 aliphatic heterocycles. The molecule has 0 aliphatic rings. The molecule has 0 saturated heterocycles. The number of aromatic nitrogens is 4. The lowest BCUT2D eigenvalue weighted by atomic mass is 10.2. The lowest BCUT2D eigenvalue weighted by Gasteiger charge is -2.03. The third-order valence-corrected chi connectivity index (χ3v) is 3.88. The Morgan fingerprint density at radius 1 is 1.21 bits per heavy atom. The van der Waals surface area contributed by atoms with Crippen molar-refractivity contribution in [3.63, 3.8) is 0 Å². The van der Waals surface area contributed by atoms with Crippen LogP contribution in [0.3, 0.4) is 0 Å². The molecule has 0 saturated carbocycles. The van der Waals surface area contributed by atoms with E-state index < -0.39 is 0 Å². The van der Waals surface area contributed by atoms with Gasteiger partial charge in [-0.1, -0.05) is 35.3 Å². The normalized spacial score (nSPS) is 10.8. The van der Waals surface area contributed by atoms with Crippen LogP contribution in [-0.4, -0.2) is 25.5 Å². The standard InChI is InChI=1S/C16H15Cl2N5O/c1-2-22-10-13(18)15(21-22)16(24)19-14-6-7-23(20-14)9-11-4-3-5-12(17)8-11/h3-8,10H,2,9H2,1H3,(H,19,20,24). The first-order valence-corrected chi connectivity index (χ1v) is 8.13. The van der Waals surface area contributed by atoms with Gasteiger partial charge in [0.2, 0.25) is 0 Å². The van der Waals surface area contributed by atoms with Crippen LogP contribution in [0.5, 0.6) is 0 Å². The second kappa shape index (κ2) is 7.07. The number of aryl methyl sites for hydroxylation is 1. The Bertz CT molecular complexity index is 871. The molecule has 0 spiro atoms. The van der Waals surface area contributed by atoms with Crippen LogP contribution in [0.1, 0.15) is 23.0 Å². The van der Waals surface area contributed by atoms with Gasteiger partial charge in [-0.2, -0.15) is 10.2 Å². The fourth-order valence-electron chi connectivity index (χ4n) is 2.23. The van der Waals surface area contributed by atoms with Crippen molar-refractivity contribution >= 4 is 34.9 Å². The molecule has 0 fully saturated rings. The van der Waals surface area contributed by atoms with Crippen molar-refractivity contribution in [3.05, 3.63) is 64.0 Å². The predicted molar refractivity (Wildman–Crippen MR) is 93.6 cm³/mol. The maximum Gasteiger partial charge on any atom is 0.278 e. The molecule has 6 nitrogen and oxygen atoms in total. The first-order chi connectivity index (χ1) is 11.5. The molecule has 1 N–H and O–H groups in total. The van der Waals surface area contributed by atoms with Crippen LogP contribution in [0, 0.1) is 0 Å². The van der Waals surface area contributed by atoms with Gasteiger partial charge in [0.1, 0.15) is 0 Å². The predicted octanol–water partition coefficient (Wildman–Crippen LogP) is 3.71. The van der Waals surface area contributed by atoms with E-state index in [1.54, 1.807) is 27.8 Å². The fraction of sp³-hybridized carbons (Fsp3) is 0.188. The van der Waals surface area contributed by atoms with E-state index in [1.165, 1.54) is 0 Å². The van der Waals surface area contributed by atoms with Crippen LogP contribution in [0.2, 0.25) is 10.0 Å². The summed E-state index contributed by atoms with van der Waals surface area (Å²) in [7, 11) is 0. The molecule has 3 aromatic rings. The number of halogens is 2. The number of hydrogen-bond donors (Lipinski definition) is 1. The molecule has 1 aromatic carbocycles. The average molecular weight is 364 g/mol. The summed E-state index contributed by atoms with van der Waals surface area (Å²) < 4.78 is 3.32. The van der Waals surface area contributed by atoms with Crippen LogP contribution in [0.4, 0.5) is 5.82 Å². The summed E-state index contributed by atoms with van der Waals surface area (Å²) in [6.45, 7) is 3.12. The summed E-state index contributed by atoms with van der Waals surface area (Å²) in [6, 6.07) is 9.25. The minimum absolute atomic E-state index is 0.183. The highest BCUT2D eigenvalue weighted by Gasteiger charge is 2.16. The summed E-state index contributed by atoms with van der Waals surface area (Å²) in [5, 5.41) is 12.1. The number of nitrogens with one attached hydrogen (secondary N) is 1. The van der Waals surface area contributed by atoms with Gasteiger partial charge in [0.15, 0.2) is 11.5 Å². The molecule has 0 bridgehead atoms. The molecule has 124 valence electrons. The van der Waals surface area contributed by atoms with Gasteiger partial charge >= 0.3 is 0 Å². The van der Waals surface area contributed by atoms with Crippen molar-refractivity contribution in [2.75, 3.05) is 5.32 Å². The summed E-state index contributed by atoms with van der Waals surface area (Å²) in [6.07, 6.45) is 3.40. The van der Waals surface area contributed by atoms with Crippen LogP contribution in [0.15, 0.2) is 42.7 Å². The topological polar surface area (TPSA) is 64.7 Å². The highest BCUT2D eigenvalue weighted by atomic mass is 35.5. The van der Waals surface area contributed by atoms with E-state index in [-0.39, 0.29) is 11.6 Å². The largest absolute Gasteiger partial charge is 0.304 e. The Morgan fingerprint density at radius 2 is 2.04 bits per heavy atom. The van der Waals surface area contributed by atoms with Crippen molar-refractivity contribution in [1.29, 1.82) is 0 Å². The molecule has 0 unspecified atom stereocenters. The molecule has 2 heterocycles. The number of nitrogens with zero attached hydrogens (tertiary/aromatic N) is 4. The van der Waals surface area contributed by atoms with Gasteiger partial charge in [-0.3, -0.25) is 14.2 Å². The average Bonchev–Trinajstić information content (AvgIpc) is 3.13. The molecule has 2 aromatic heterocycles. The van der Waals surface area contributed by atoms with E-state index in [9.17, 15) is 4.79 Å². The van der Waals surface area contributed by atoms with E-state index in [0.29, 0.717) is 29.0 Å². The van der Waals surface area contributed by atoms with Crippen molar-refractivity contribution in [1.82, 2.24) is 19.6 Å². The molecule has 24 heavy (non-hydrogen) atoms. The van der Waals surface area contributed by atoms with Gasteiger partial charge in [-0.15, -0.1) is 0 Å². The highest BCUT2D eigenvalue weighted by molar-refractivity contribution is 6.34. The number of hydrogen-bond acceptors (Lipinski definition) is 3. The third kappa shape index (κ3) is 3.77. The van der Waals surface area contributed by atoms with E-state index >= 15 is 0 Å². The van der Waals surface area contributed by atoms with E-state index in [1.807, 2.05) is 31.2 Å². The second-order valence-electron chi connectivity index (χ2n) is 5.16. The fourth-order valence-corrected chi connectivity index (χ4v) is 2.68. The molecular formula is C16H15Cl2N5O. The Labute approximate surface area is 149 Å². The number of benzene rings is 1. The first kappa shape index (κ1) is 16.5. The van der Waals surface area contributed by atoms with E-state index in [0.717, 1.165) is 5.56 Å². The monoisotopic (exact) mass is 363 g/mol. The van der Waals surface area contributed by atoms with Crippen LogP contribution in [-0.2, 0) is 13.1 Å². The molecule has 0 radical (unpaired) electrons. The number of carbonyl (C=O) groups excluding carboxylic acids is 1. The lowest BCUT2D eigenvalue weighted by molar-refractivity contribution is 0.102. The van der Waals surface area contributed by atoms with Crippen molar-refractivity contribution in [3.8, 4) is 0 Å². The minimum Gasteiger partial charge on any atom is -0.304 e. The Morgan fingerprint density at radius 3 is 2.75 bits per heavy atom. The molecule has 0 atom stereocenters. The minimum atomic E-state index is -0.389. The Balaban J connectivity index is 1.69. The second-order valence-corrected chi connectivity index (χ2v) is 6.01. The van der Waals surface area contributed by atoms with E-state index in [4.69, 9.17) is 23.2 Å². The Kier molecular flexibility index (Phi) is 4.87. The van der Waals surface area contributed by atoms with Crippen molar-refractivity contribution in [2.45, 2.75) is 20.0 Å². The number of anilines is 1. The molecule has 8 heteroatoms. The highest BCUT2D eigenvalue weighted by Crippen LogP contribution is 2.16. The summed E-state index contributed by atoms with van der Waals surface area (Å²) >= 11 is 12.0. The molecular weight excluding hydrogens is 349 g/mol. The van der Waals surface area contributed by atoms with Gasteiger partial charge in [-0.25, -0.2) is 0 Å². The van der Waals surface area contributed by atoms with Crippen molar-refractivity contribution < 1.29 is 4.79 Å². The maximum absolute atomic E-state index is 12.2. The van der Waals surface area contributed by atoms with Gasteiger partial charge in [0.25, 0.3) is 5.91 Å². The molecule has 1 amide bonds. The first-order valence-electron chi connectivity index (χ1n) is 7.37. The zero-order valence-electron chi connectivity index (χ0n) is 12.9. The lowest BCUT2D eigenvalue weighted by Crippen LogP contribution is -2.14. The summed E-state index contributed by atoms with van der Waals surface area (Å²) in [4.78, 5) is 12.2. The van der Waals surface area contributed by atoms with Gasteiger partial charge in [0, 0.05) is 30.0 Å². The van der Waals surface area contributed by atoms with Crippen LogP contribution in [0.25, 0.3) is 0 Å². The maximum atomic E-state index is 12.2. The summed E-state index contributed by atoms with van der Waals surface area (Å²) in [5.41, 5.74) is 1.20. The zero-order chi connectivity index (χ0) is 17.1. The van der Waals surface area contributed by atoms with Crippen molar-refractivity contribution in [2.24, 2.45) is 0 Å². The molecule has 0 aliphatic carbocycles. The van der Waals surface area contributed by atoms with Gasteiger partial charge < -0.3 is 5.32 Å². The van der Waals surface area contributed by atoms with E-state index in [2.05, 4.69) is 15.5 Å². The van der Waals surface area contributed by atoms with Gasteiger partial charge in [-0.05, 0) is 24.6 Å². The number of rotatable bonds is 5. The smallest absolute Gasteiger partial charge is 0.278 e. The van der Waals surface area contributed by atoms with Crippen LogP contribution >= 0.6 is 23.2 Å². The van der Waals surface area contributed by atoms with Gasteiger partial charge in [0.05, 0.1) is 11.6 Å². The number of carbonyl (C=O) groups is 1. The summed E-state index contributed by atoms with van der Waals surface area (Å²) in [5.74, 6) is 0.0457. The SMILES string of the molecule is CCn1cc(Cl)c(C(=O)Nc2ccn(Cc3cccc(Cl)c3)n2)n1. The third-order valence-electron chi connectivity index (χ3n) is 3.37. The number of amides is 1. The molecule has 3 rings (SSSR count). The zero-order valence-corrected chi connectivity index (χ0v) is 14.4. The van der Waals surface area contributed by atoms with Crippen LogP contribution < -0.4 is 5.32 Å². The Hall–Kier alpha value is -2.31.